The Morgan fingerprint density at radius 2 is 2.18 bits per heavy atom. The van der Waals surface area contributed by atoms with Gasteiger partial charge in [0.15, 0.2) is 12.4 Å². The summed E-state index contributed by atoms with van der Waals surface area (Å²) >= 11 is 0. The van der Waals surface area contributed by atoms with Gasteiger partial charge in [-0.1, -0.05) is 26.7 Å². The Balaban J connectivity index is 1.32. The molecule has 2 aliphatic rings. The van der Waals surface area contributed by atoms with Crippen LogP contribution in [-0.2, 0) is 20.9 Å². The topological polar surface area (TPSA) is 98.7 Å². The van der Waals surface area contributed by atoms with Crippen molar-refractivity contribution in [2.24, 2.45) is 17.8 Å². The lowest BCUT2D eigenvalue weighted by atomic mass is 9.77. The maximum Gasteiger partial charge on any atom is 0.311 e. The van der Waals surface area contributed by atoms with E-state index in [1.165, 1.54) is 12.7 Å². The highest BCUT2D eigenvalue weighted by Gasteiger charge is 2.42. The zero-order chi connectivity index (χ0) is 19.7. The van der Waals surface area contributed by atoms with Crippen molar-refractivity contribution in [3.05, 3.63) is 24.3 Å². The molecule has 1 aliphatic carbocycles. The summed E-state index contributed by atoms with van der Waals surface area (Å²) in [5.41, 5.74) is 0. The molecule has 1 aliphatic heterocycles. The van der Waals surface area contributed by atoms with E-state index in [1.54, 1.807) is 12.1 Å². The van der Waals surface area contributed by atoms with Gasteiger partial charge in [-0.2, -0.15) is 0 Å². The molecule has 1 amide bonds. The van der Waals surface area contributed by atoms with Gasteiger partial charge in [0.1, 0.15) is 0 Å². The Bertz CT molecular complexity index is 831. The third-order valence-corrected chi connectivity index (χ3v) is 6.09. The summed E-state index contributed by atoms with van der Waals surface area (Å²) < 4.78 is 16.0. The first-order valence-corrected chi connectivity index (χ1v) is 9.85. The van der Waals surface area contributed by atoms with E-state index in [0.29, 0.717) is 24.1 Å². The molecule has 8 nitrogen and oxygen atoms in total. The molecule has 8 heteroatoms. The second kappa shape index (κ2) is 7.77. The lowest BCUT2D eigenvalue weighted by Crippen LogP contribution is -2.45. The van der Waals surface area contributed by atoms with Gasteiger partial charge in [0.2, 0.25) is 5.91 Å². The SMILES string of the molecule is C[C@@H]1[C@@H](C)CCC[C@@H]1N1C[C@H](C(=O)OCc2nnc(-c3ccco3)o2)CC1=O. The Kier molecular flexibility index (Phi) is 5.19. The number of aromatic nitrogens is 2. The van der Waals surface area contributed by atoms with Gasteiger partial charge < -0.3 is 18.5 Å². The molecule has 0 unspecified atom stereocenters. The number of ether oxygens (including phenoxy) is 1. The second-order valence-electron chi connectivity index (χ2n) is 7.87. The monoisotopic (exact) mass is 387 g/mol. The van der Waals surface area contributed by atoms with Gasteiger partial charge in [-0.05, 0) is 30.4 Å². The highest BCUT2D eigenvalue weighted by Crippen LogP contribution is 2.36. The number of esters is 1. The summed E-state index contributed by atoms with van der Waals surface area (Å²) in [7, 11) is 0. The van der Waals surface area contributed by atoms with E-state index in [0.717, 1.165) is 12.8 Å². The summed E-state index contributed by atoms with van der Waals surface area (Å²) in [6.45, 7) is 4.76. The second-order valence-corrected chi connectivity index (χ2v) is 7.87. The highest BCUT2D eigenvalue weighted by molar-refractivity contribution is 5.87. The minimum Gasteiger partial charge on any atom is -0.459 e. The first-order chi connectivity index (χ1) is 13.5. The van der Waals surface area contributed by atoms with Crippen LogP contribution in [0.1, 0.15) is 45.4 Å². The van der Waals surface area contributed by atoms with Crippen LogP contribution in [0.25, 0.3) is 11.7 Å². The molecule has 1 saturated heterocycles. The number of hydrogen-bond acceptors (Lipinski definition) is 7. The Morgan fingerprint density at radius 3 is 2.96 bits per heavy atom. The van der Waals surface area contributed by atoms with Gasteiger partial charge in [-0.25, -0.2) is 0 Å². The number of furan rings is 1. The summed E-state index contributed by atoms with van der Waals surface area (Å²) in [5.74, 6) is 1.14. The van der Waals surface area contributed by atoms with Crippen LogP contribution in [0.5, 0.6) is 0 Å². The number of nitrogens with zero attached hydrogens (tertiary/aromatic N) is 3. The van der Waals surface area contributed by atoms with E-state index >= 15 is 0 Å². The Labute approximate surface area is 163 Å². The lowest BCUT2D eigenvalue weighted by molar-refractivity contribution is -0.150. The van der Waals surface area contributed by atoms with Crippen LogP contribution in [0.2, 0.25) is 0 Å². The molecule has 3 heterocycles. The van der Waals surface area contributed by atoms with Crippen LogP contribution >= 0.6 is 0 Å². The van der Waals surface area contributed by atoms with Crippen molar-refractivity contribution < 1.29 is 23.2 Å². The van der Waals surface area contributed by atoms with E-state index in [1.807, 2.05) is 4.90 Å². The molecule has 0 N–H and O–H groups in total. The van der Waals surface area contributed by atoms with E-state index in [2.05, 4.69) is 24.0 Å². The van der Waals surface area contributed by atoms with E-state index in [4.69, 9.17) is 13.6 Å². The molecule has 1 saturated carbocycles. The first-order valence-electron chi connectivity index (χ1n) is 9.85. The molecular formula is C20H25N3O5. The molecule has 2 fully saturated rings. The van der Waals surface area contributed by atoms with Crippen LogP contribution in [0, 0.1) is 17.8 Å². The molecule has 0 bridgehead atoms. The molecule has 150 valence electrons. The summed E-state index contributed by atoms with van der Waals surface area (Å²) in [5, 5.41) is 7.73. The fourth-order valence-electron chi connectivity index (χ4n) is 4.27. The number of hydrogen-bond donors (Lipinski definition) is 0. The largest absolute Gasteiger partial charge is 0.459 e. The number of rotatable bonds is 5. The van der Waals surface area contributed by atoms with Crippen molar-refractivity contribution in [2.45, 2.75) is 52.2 Å². The van der Waals surface area contributed by atoms with E-state index < -0.39 is 11.9 Å². The highest BCUT2D eigenvalue weighted by atomic mass is 16.5. The molecular weight excluding hydrogens is 362 g/mol. The van der Waals surface area contributed by atoms with Crippen molar-refractivity contribution in [2.75, 3.05) is 6.54 Å². The Morgan fingerprint density at radius 1 is 1.32 bits per heavy atom. The van der Waals surface area contributed by atoms with Crippen molar-refractivity contribution >= 4 is 11.9 Å². The first kappa shape index (κ1) is 18.7. The molecule has 4 atom stereocenters. The summed E-state index contributed by atoms with van der Waals surface area (Å²) in [6.07, 6.45) is 5.06. The fraction of sp³-hybridized carbons (Fsp3) is 0.600. The van der Waals surface area contributed by atoms with E-state index in [-0.39, 0.29) is 36.8 Å². The minimum atomic E-state index is -0.440. The normalized spacial score (nSPS) is 27.9. The zero-order valence-corrected chi connectivity index (χ0v) is 16.2. The number of carbonyl (C=O) groups is 2. The minimum absolute atomic E-state index is 0.0470. The van der Waals surface area contributed by atoms with Gasteiger partial charge in [0, 0.05) is 19.0 Å². The van der Waals surface area contributed by atoms with Gasteiger partial charge in [0.25, 0.3) is 11.8 Å². The fourth-order valence-corrected chi connectivity index (χ4v) is 4.27. The average molecular weight is 387 g/mol. The number of carbonyl (C=O) groups excluding carboxylic acids is 2. The predicted molar refractivity (Wildman–Crippen MR) is 97.6 cm³/mol. The van der Waals surface area contributed by atoms with Gasteiger partial charge in [0.05, 0.1) is 12.2 Å². The zero-order valence-electron chi connectivity index (χ0n) is 16.2. The average Bonchev–Trinajstić information content (AvgIpc) is 3.42. The van der Waals surface area contributed by atoms with Gasteiger partial charge in [-0.15, -0.1) is 10.2 Å². The van der Waals surface area contributed by atoms with Crippen LogP contribution < -0.4 is 0 Å². The summed E-state index contributed by atoms with van der Waals surface area (Å²) in [6, 6.07) is 3.64. The van der Waals surface area contributed by atoms with Crippen LogP contribution in [0.15, 0.2) is 27.2 Å². The molecule has 0 spiro atoms. The number of amides is 1. The molecule has 0 radical (unpaired) electrons. The predicted octanol–water partition coefficient (Wildman–Crippen LogP) is 3.05. The summed E-state index contributed by atoms with van der Waals surface area (Å²) in [4.78, 5) is 26.9. The van der Waals surface area contributed by atoms with Crippen LogP contribution in [-0.4, -0.2) is 39.6 Å². The third kappa shape index (κ3) is 3.68. The van der Waals surface area contributed by atoms with Crippen LogP contribution in [0.3, 0.4) is 0 Å². The van der Waals surface area contributed by atoms with E-state index in [9.17, 15) is 9.59 Å². The molecule has 2 aromatic heterocycles. The third-order valence-electron chi connectivity index (χ3n) is 6.09. The molecule has 2 aromatic rings. The smallest absolute Gasteiger partial charge is 0.311 e. The Hall–Kier alpha value is -2.64. The van der Waals surface area contributed by atoms with Crippen molar-refractivity contribution in [3.8, 4) is 11.7 Å². The van der Waals surface area contributed by atoms with Crippen molar-refractivity contribution in [1.29, 1.82) is 0 Å². The molecule has 28 heavy (non-hydrogen) atoms. The van der Waals surface area contributed by atoms with Gasteiger partial charge in [-0.3, -0.25) is 9.59 Å². The van der Waals surface area contributed by atoms with Crippen molar-refractivity contribution in [1.82, 2.24) is 15.1 Å². The van der Waals surface area contributed by atoms with Gasteiger partial charge >= 0.3 is 5.97 Å². The maximum atomic E-state index is 12.5. The lowest BCUT2D eigenvalue weighted by Gasteiger charge is -2.39. The quantitative estimate of drug-likeness (QED) is 0.727. The maximum absolute atomic E-state index is 12.5. The number of likely N-dealkylation sites (tertiary alicyclic amines) is 1. The van der Waals surface area contributed by atoms with Crippen molar-refractivity contribution in [3.63, 3.8) is 0 Å². The van der Waals surface area contributed by atoms with Crippen LogP contribution in [0.4, 0.5) is 0 Å². The molecule has 4 rings (SSSR count). The standard InChI is InChI=1S/C20H25N3O5/c1-12-5-3-6-15(13(12)2)23-10-14(9-18(23)24)20(25)27-11-17-21-22-19(28-17)16-7-4-8-26-16/h4,7-8,12-15H,3,5-6,9-11H2,1-2H3/t12-,13+,14+,15-/m0/s1. The molecule has 0 aromatic carbocycles.